The number of furan rings is 1. The quantitative estimate of drug-likeness (QED) is 0.101. The number of pyridine rings is 3. The predicted molar refractivity (Wildman–Crippen MR) is 303 cm³/mol. The average Bonchev–Trinajstić information content (AvgIpc) is 4.00. The van der Waals surface area contributed by atoms with Gasteiger partial charge in [-0.25, -0.2) is 0 Å². The van der Waals surface area contributed by atoms with Gasteiger partial charge in [0.1, 0.15) is 5.58 Å². The first-order chi connectivity index (χ1) is 36.6. The average molecular weight is 1160 g/mol. The SMILES string of the molecule is [2H]c1cc2c(oc3c(-c4cc(C([2H])([2H])C(C)(C)C)c(C(C)(C)Cc5cc(CC(C)(C)c6ccc(-c7[c-]cccc7)nc6)cc(CC(C)(C)c6ccc(-c7[c-]cccc7)nc6)c5)cn4)[c-]ccc32)c(-c2ccccc2)c1C#N.[Ir+3]. The Kier molecular flexibility index (Phi) is 13.7. The fourth-order valence-corrected chi connectivity index (χ4v) is 10.5. The molecule has 0 radical (unpaired) electrons. The van der Waals surface area contributed by atoms with Crippen LogP contribution in [0.2, 0.25) is 0 Å². The Labute approximate surface area is 461 Å². The van der Waals surface area contributed by atoms with Crippen molar-refractivity contribution in [3.05, 3.63) is 233 Å². The van der Waals surface area contributed by atoms with E-state index in [0.717, 1.165) is 68.6 Å². The van der Waals surface area contributed by atoms with Crippen LogP contribution in [0, 0.1) is 34.9 Å². The summed E-state index contributed by atoms with van der Waals surface area (Å²) in [7, 11) is 0. The number of nitrogens with zero attached hydrogens (tertiary/aromatic N) is 4. The molecule has 5 nitrogen and oxygen atoms in total. The summed E-state index contributed by atoms with van der Waals surface area (Å²) in [4.78, 5) is 15.0. The van der Waals surface area contributed by atoms with Crippen LogP contribution in [0.3, 0.4) is 0 Å². The van der Waals surface area contributed by atoms with Gasteiger partial charge in [0.2, 0.25) is 0 Å². The molecule has 4 heterocycles. The van der Waals surface area contributed by atoms with Crippen LogP contribution in [0.15, 0.2) is 175 Å². The molecule has 6 aromatic carbocycles. The zero-order chi connectivity index (χ0) is 54.5. The summed E-state index contributed by atoms with van der Waals surface area (Å²) in [6.45, 7) is 19.4. The van der Waals surface area contributed by atoms with Crippen molar-refractivity contribution in [3.63, 3.8) is 0 Å². The summed E-state index contributed by atoms with van der Waals surface area (Å²) in [5.41, 5.74) is 12.7. The van der Waals surface area contributed by atoms with Crippen molar-refractivity contribution in [2.45, 2.75) is 104 Å². The third-order valence-corrected chi connectivity index (χ3v) is 14.2. The molecule has 0 atom stereocenters. The molecule has 10 rings (SSSR count). The number of aromatic nitrogens is 3. The summed E-state index contributed by atoms with van der Waals surface area (Å²) < 4.78 is 35.5. The van der Waals surface area contributed by atoms with E-state index in [0.29, 0.717) is 45.4 Å². The van der Waals surface area contributed by atoms with Gasteiger partial charge in [0, 0.05) is 32.3 Å². The van der Waals surface area contributed by atoms with Crippen LogP contribution >= 0.6 is 0 Å². The van der Waals surface area contributed by atoms with Crippen LogP contribution in [-0.2, 0) is 62.0 Å². The molecule has 0 bridgehead atoms. The van der Waals surface area contributed by atoms with Gasteiger partial charge in [0.25, 0.3) is 0 Å². The van der Waals surface area contributed by atoms with Crippen LogP contribution in [0.4, 0.5) is 0 Å². The second kappa shape index (κ2) is 21.1. The van der Waals surface area contributed by atoms with Crippen molar-refractivity contribution in [1.82, 2.24) is 15.0 Å². The molecule has 10 aromatic rings. The first-order valence-corrected chi connectivity index (χ1v) is 25.5. The van der Waals surface area contributed by atoms with E-state index in [2.05, 4.69) is 108 Å². The molecule has 0 saturated carbocycles. The van der Waals surface area contributed by atoms with Gasteiger partial charge in [-0.3, -0.25) is 0 Å². The largest absolute Gasteiger partial charge is 3.00 e. The number of fused-ring (bicyclic) bond motifs is 3. The number of nitriles is 1. The van der Waals surface area contributed by atoms with Gasteiger partial charge in [0.15, 0.2) is 0 Å². The van der Waals surface area contributed by atoms with E-state index in [1.54, 1.807) is 6.07 Å². The standard InChI is InChI=1S/C69H63N4O.Ir/c1-66(2,3)41-53-37-62(58-27-19-26-56-57-31-28-52(42-70)63(65(57)74-64(56)58)51-24-17-12-18-25-51)73-45-59(53)69(8,9)40-48-35-46(38-67(4,5)54-29-32-60(71-43-54)49-20-13-10-14-21-49)34-47(36-48)39-68(6,7)55-30-33-61(72-44-55)50-22-15-11-16-23-50;/h10-20,22,24-26,28-37,43-45H,38-41H2,1-9H3;/q-3;+3/i28D,41D2;. The maximum atomic E-state index is 10.3. The van der Waals surface area contributed by atoms with Crippen molar-refractivity contribution in [2.24, 2.45) is 5.41 Å². The minimum Gasteiger partial charge on any atom is -0.500 e. The molecule has 0 amide bonds. The zero-order valence-corrected chi connectivity index (χ0v) is 46.6. The van der Waals surface area contributed by atoms with Gasteiger partial charge >= 0.3 is 20.1 Å². The van der Waals surface area contributed by atoms with E-state index in [9.17, 15) is 8.00 Å². The normalized spacial score (nSPS) is 12.9. The van der Waals surface area contributed by atoms with Crippen molar-refractivity contribution < 1.29 is 28.6 Å². The molecule has 0 N–H and O–H groups in total. The van der Waals surface area contributed by atoms with Gasteiger partial charge in [-0.05, 0) is 115 Å². The van der Waals surface area contributed by atoms with E-state index in [-0.39, 0.29) is 42.5 Å². The second-order valence-electron chi connectivity index (χ2n) is 22.7. The molecular weight excluding hydrogens is 1090 g/mol. The summed E-state index contributed by atoms with van der Waals surface area (Å²) in [5.74, 6) is 0. The maximum Gasteiger partial charge on any atom is 3.00 e. The zero-order valence-electron chi connectivity index (χ0n) is 47.2. The first-order valence-electron chi connectivity index (χ1n) is 27.0. The number of hydrogen-bond donors (Lipinski definition) is 0. The van der Waals surface area contributed by atoms with Crippen molar-refractivity contribution >= 4 is 21.9 Å². The molecule has 75 heavy (non-hydrogen) atoms. The predicted octanol–water partition coefficient (Wildman–Crippen LogP) is 16.9. The van der Waals surface area contributed by atoms with Crippen LogP contribution in [0.25, 0.3) is 66.8 Å². The number of benzene rings is 6. The third kappa shape index (κ3) is 11.4. The summed E-state index contributed by atoms with van der Waals surface area (Å²) in [5, 5.41) is 11.8. The number of rotatable bonds is 14. The van der Waals surface area contributed by atoms with Crippen molar-refractivity contribution in [3.8, 4) is 51.0 Å². The Morgan fingerprint density at radius 3 is 1.60 bits per heavy atom. The smallest absolute Gasteiger partial charge is 0.500 e. The Bertz CT molecular complexity index is 3700. The van der Waals surface area contributed by atoms with Crippen LogP contribution in [-0.4, -0.2) is 15.0 Å². The third-order valence-electron chi connectivity index (χ3n) is 14.2. The Morgan fingerprint density at radius 1 is 0.560 bits per heavy atom. The molecule has 4 aromatic heterocycles. The Morgan fingerprint density at radius 2 is 1.09 bits per heavy atom. The molecular formula is C69H63IrN4O. The Hall–Kier alpha value is -7.29. The van der Waals surface area contributed by atoms with Gasteiger partial charge in [-0.2, -0.15) is 5.26 Å². The fourth-order valence-electron chi connectivity index (χ4n) is 10.5. The molecule has 0 spiro atoms. The minimum atomic E-state index is -1.80. The summed E-state index contributed by atoms with van der Waals surface area (Å²) >= 11 is 0. The molecule has 0 aliphatic rings. The minimum absolute atomic E-state index is 0. The fraction of sp³-hybridized carbons (Fsp3) is 0.246. The van der Waals surface area contributed by atoms with Gasteiger partial charge in [0.05, 0.1) is 18.6 Å². The van der Waals surface area contributed by atoms with E-state index < -0.39 is 17.2 Å². The van der Waals surface area contributed by atoms with Crippen molar-refractivity contribution in [1.29, 1.82) is 5.26 Å². The van der Waals surface area contributed by atoms with Gasteiger partial charge < -0.3 is 19.4 Å². The van der Waals surface area contributed by atoms with E-state index in [4.69, 9.17) is 20.7 Å². The molecule has 0 aliphatic carbocycles. The summed E-state index contributed by atoms with van der Waals surface area (Å²) in [6.07, 6.45) is 6.22. The molecule has 0 fully saturated rings. The van der Waals surface area contributed by atoms with Crippen molar-refractivity contribution in [2.75, 3.05) is 0 Å². The van der Waals surface area contributed by atoms with Crippen LogP contribution in [0.1, 0.15) is 111 Å². The van der Waals surface area contributed by atoms with E-state index in [1.807, 2.05) is 136 Å². The molecule has 374 valence electrons. The van der Waals surface area contributed by atoms with Gasteiger partial charge in [-0.1, -0.05) is 158 Å². The van der Waals surface area contributed by atoms with Gasteiger partial charge in [-0.15, -0.1) is 90.0 Å². The maximum absolute atomic E-state index is 10.3. The summed E-state index contributed by atoms with van der Waals surface area (Å²) in [6, 6.07) is 60.7. The van der Waals surface area contributed by atoms with E-state index in [1.165, 1.54) is 11.1 Å². The van der Waals surface area contributed by atoms with E-state index >= 15 is 0 Å². The molecule has 0 unspecified atom stereocenters. The second-order valence-corrected chi connectivity index (χ2v) is 22.7. The number of hydrogen-bond acceptors (Lipinski definition) is 5. The van der Waals surface area contributed by atoms with Crippen LogP contribution in [0.5, 0.6) is 0 Å². The first kappa shape index (κ1) is 48.6. The molecule has 6 heteroatoms. The molecule has 0 aliphatic heterocycles. The monoisotopic (exact) mass is 1160 g/mol. The topological polar surface area (TPSA) is 75.6 Å². The Balaban J connectivity index is 0.00000740. The molecule has 0 saturated heterocycles. The van der Waals surface area contributed by atoms with Crippen LogP contribution < -0.4 is 0 Å².